The van der Waals surface area contributed by atoms with Crippen LogP contribution in [-0.2, 0) is 12.8 Å². The SMILES string of the molecule is CCN(CC)c1nc2c(c(C#N)c1C#N)CCCCCC2. The molecule has 0 unspecified atom stereocenters. The second-order valence-electron chi connectivity index (χ2n) is 5.42. The summed E-state index contributed by atoms with van der Waals surface area (Å²) in [7, 11) is 0. The van der Waals surface area contributed by atoms with Crippen LogP contribution < -0.4 is 4.90 Å². The number of hydrogen-bond donors (Lipinski definition) is 0. The zero-order chi connectivity index (χ0) is 15.2. The molecule has 0 aliphatic heterocycles. The van der Waals surface area contributed by atoms with Gasteiger partial charge < -0.3 is 4.90 Å². The Kier molecular flexibility index (Phi) is 5.17. The highest BCUT2D eigenvalue weighted by Crippen LogP contribution is 2.29. The highest BCUT2D eigenvalue weighted by Gasteiger charge is 2.22. The number of hydrogen-bond acceptors (Lipinski definition) is 4. The number of nitrogens with zero attached hydrogens (tertiary/aromatic N) is 4. The molecule has 4 nitrogen and oxygen atoms in total. The summed E-state index contributed by atoms with van der Waals surface area (Å²) in [6.07, 6.45) is 6.42. The maximum Gasteiger partial charge on any atom is 0.148 e. The normalized spacial score (nSPS) is 14.3. The molecule has 2 rings (SSSR count). The third-order valence-electron chi connectivity index (χ3n) is 4.24. The molecule has 0 radical (unpaired) electrons. The first-order valence-corrected chi connectivity index (χ1v) is 7.87. The van der Waals surface area contributed by atoms with Gasteiger partial charge in [-0.15, -0.1) is 0 Å². The van der Waals surface area contributed by atoms with Gasteiger partial charge in [0, 0.05) is 18.8 Å². The number of aryl methyl sites for hydroxylation is 1. The Balaban J connectivity index is 2.65. The summed E-state index contributed by atoms with van der Waals surface area (Å²) in [5, 5.41) is 19.1. The van der Waals surface area contributed by atoms with Crippen molar-refractivity contribution in [2.45, 2.75) is 52.4 Å². The van der Waals surface area contributed by atoms with E-state index in [1.807, 2.05) is 0 Å². The van der Waals surface area contributed by atoms with Crippen molar-refractivity contribution in [2.75, 3.05) is 18.0 Å². The van der Waals surface area contributed by atoms with Crippen LogP contribution in [0, 0.1) is 22.7 Å². The zero-order valence-electron chi connectivity index (χ0n) is 12.9. The first-order chi connectivity index (χ1) is 10.3. The van der Waals surface area contributed by atoms with E-state index >= 15 is 0 Å². The van der Waals surface area contributed by atoms with Crippen LogP contribution in [0.3, 0.4) is 0 Å². The average molecular weight is 282 g/mol. The lowest BCUT2D eigenvalue weighted by molar-refractivity contribution is 0.607. The van der Waals surface area contributed by atoms with Gasteiger partial charge in [-0.1, -0.05) is 12.8 Å². The minimum absolute atomic E-state index is 0.459. The average Bonchev–Trinajstić information content (AvgIpc) is 2.48. The number of anilines is 1. The third-order valence-corrected chi connectivity index (χ3v) is 4.24. The lowest BCUT2D eigenvalue weighted by Crippen LogP contribution is -2.25. The van der Waals surface area contributed by atoms with E-state index in [2.05, 4.69) is 30.9 Å². The van der Waals surface area contributed by atoms with Crippen molar-refractivity contribution in [1.29, 1.82) is 10.5 Å². The predicted molar refractivity (Wildman–Crippen MR) is 83.1 cm³/mol. The van der Waals surface area contributed by atoms with Gasteiger partial charge >= 0.3 is 0 Å². The standard InChI is InChI=1S/C17H22N4/c1-3-21(4-2)17-15(12-19)14(11-18)13-9-7-5-6-8-10-16(13)20-17/h3-10H2,1-2H3. The van der Waals surface area contributed by atoms with Crippen molar-refractivity contribution in [3.63, 3.8) is 0 Å². The van der Waals surface area contributed by atoms with Gasteiger partial charge in [-0.2, -0.15) is 10.5 Å². The Morgan fingerprint density at radius 3 is 2.14 bits per heavy atom. The minimum Gasteiger partial charge on any atom is -0.356 e. The van der Waals surface area contributed by atoms with E-state index < -0.39 is 0 Å². The second-order valence-corrected chi connectivity index (χ2v) is 5.42. The van der Waals surface area contributed by atoms with Gasteiger partial charge in [-0.3, -0.25) is 0 Å². The molecule has 1 aromatic rings. The highest BCUT2D eigenvalue weighted by molar-refractivity contribution is 5.64. The highest BCUT2D eigenvalue weighted by atomic mass is 15.2. The fourth-order valence-electron chi connectivity index (χ4n) is 3.06. The van der Waals surface area contributed by atoms with E-state index in [0.717, 1.165) is 50.0 Å². The summed E-state index contributed by atoms with van der Waals surface area (Å²) >= 11 is 0. The second kappa shape index (κ2) is 7.09. The molecule has 0 saturated carbocycles. The lowest BCUT2D eigenvalue weighted by atomic mass is 9.91. The maximum absolute atomic E-state index is 9.57. The van der Waals surface area contributed by atoms with Crippen LogP contribution in [-0.4, -0.2) is 18.1 Å². The molecule has 0 amide bonds. The van der Waals surface area contributed by atoms with Gasteiger partial charge in [-0.25, -0.2) is 4.98 Å². The van der Waals surface area contributed by atoms with Gasteiger partial charge in [0.1, 0.15) is 23.5 Å². The molecule has 0 fully saturated rings. The molecule has 0 spiro atoms. The van der Waals surface area contributed by atoms with Crippen LogP contribution in [0.15, 0.2) is 0 Å². The monoisotopic (exact) mass is 282 g/mol. The molecule has 1 aliphatic rings. The van der Waals surface area contributed by atoms with E-state index in [1.165, 1.54) is 12.8 Å². The van der Waals surface area contributed by atoms with Gasteiger partial charge in [-0.05, 0) is 45.1 Å². The molecule has 0 bridgehead atoms. The fourth-order valence-corrected chi connectivity index (χ4v) is 3.06. The summed E-state index contributed by atoms with van der Waals surface area (Å²) in [6, 6.07) is 4.50. The predicted octanol–water partition coefficient (Wildman–Crippen LogP) is 3.33. The molecular formula is C17H22N4. The van der Waals surface area contributed by atoms with Crippen molar-refractivity contribution >= 4 is 5.82 Å². The van der Waals surface area contributed by atoms with Crippen LogP contribution in [0.5, 0.6) is 0 Å². The number of aromatic nitrogens is 1. The Labute approximate surface area is 127 Å². The molecule has 0 saturated heterocycles. The minimum atomic E-state index is 0.459. The molecule has 1 aromatic heterocycles. The molecule has 0 aromatic carbocycles. The molecule has 1 heterocycles. The van der Waals surface area contributed by atoms with Crippen LogP contribution in [0.4, 0.5) is 5.82 Å². The molecule has 0 atom stereocenters. The molecule has 0 N–H and O–H groups in total. The van der Waals surface area contributed by atoms with Gasteiger partial charge in [0.15, 0.2) is 0 Å². The zero-order valence-corrected chi connectivity index (χ0v) is 12.9. The number of fused-ring (bicyclic) bond motifs is 1. The fraction of sp³-hybridized carbons (Fsp3) is 0.588. The first kappa shape index (κ1) is 15.3. The van der Waals surface area contributed by atoms with Gasteiger partial charge in [0.2, 0.25) is 0 Å². The molecule has 4 heteroatoms. The van der Waals surface area contributed by atoms with E-state index in [-0.39, 0.29) is 0 Å². The maximum atomic E-state index is 9.57. The Morgan fingerprint density at radius 2 is 1.57 bits per heavy atom. The van der Waals surface area contributed by atoms with Crippen LogP contribution in [0.25, 0.3) is 0 Å². The summed E-state index contributed by atoms with van der Waals surface area (Å²) in [5.74, 6) is 0.693. The van der Waals surface area contributed by atoms with Crippen LogP contribution >= 0.6 is 0 Å². The van der Waals surface area contributed by atoms with Crippen molar-refractivity contribution < 1.29 is 0 Å². The molecular weight excluding hydrogens is 260 g/mol. The van der Waals surface area contributed by atoms with E-state index in [1.54, 1.807) is 0 Å². The molecule has 1 aliphatic carbocycles. The van der Waals surface area contributed by atoms with Gasteiger partial charge in [0.25, 0.3) is 0 Å². The number of rotatable bonds is 3. The van der Waals surface area contributed by atoms with E-state index in [0.29, 0.717) is 16.9 Å². The Bertz CT molecular complexity index is 588. The van der Waals surface area contributed by atoms with E-state index in [9.17, 15) is 10.5 Å². The molecule has 21 heavy (non-hydrogen) atoms. The third kappa shape index (κ3) is 3.00. The topological polar surface area (TPSA) is 63.7 Å². The number of pyridine rings is 1. The summed E-state index contributed by atoms with van der Waals surface area (Å²) in [4.78, 5) is 6.86. The van der Waals surface area contributed by atoms with Crippen molar-refractivity contribution in [1.82, 2.24) is 4.98 Å². The summed E-state index contributed by atoms with van der Waals surface area (Å²) in [5.41, 5.74) is 3.07. The number of nitriles is 2. The van der Waals surface area contributed by atoms with Crippen LogP contribution in [0.2, 0.25) is 0 Å². The smallest absolute Gasteiger partial charge is 0.148 e. The Hall–Kier alpha value is -2.07. The lowest BCUT2D eigenvalue weighted by Gasteiger charge is -2.24. The van der Waals surface area contributed by atoms with Crippen LogP contribution in [0.1, 0.15) is 61.9 Å². The van der Waals surface area contributed by atoms with Gasteiger partial charge in [0.05, 0.1) is 5.56 Å². The molecule has 110 valence electrons. The summed E-state index contributed by atoms with van der Waals surface area (Å²) in [6.45, 7) is 5.69. The van der Waals surface area contributed by atoms with Crippen molar-refractivity contribution in [2.24, 2.45) is 0 Å². The largest absolute Gasteiger partial charge is 0.356 e. The Morgan fingerprint density at radius 1 is 0.952 bits per heavy atom. The van der Waals surface area contributed by atoms with Crippen molar-refractivity contribution in [3.8, 4) is 12.1 Å². The summed E-state index contributed by atoms with van der Waals surface area (Å²) < 4.78 is 0. The first-order valence-electron chi connectivity index (χ1n) is 7.87. The quantitative estimate of drug-likeness (QED) is 0.853. The van der Waals surface area contributed by atoms with E-state index in [4.69, 9.17) is 4.98 Å². The van der Waals surface area contributed by atoms with Crippen molar-refractivity contribution in [3.05, 3.63) is 22.4 Å².